The molecule has 6 nitrogen and oxygen atoms in total. The van der Waals surface area contributed by atoms with Crippen LogP contribution in [0.4, 0.5) is 5.69 Å². The van der Waals surface area contributed by atoms with Gasteiger partial charge in [0.1, 0.15) is 11.5 Å². The van der Waals surface area contributed by atoms with E-state index in [-0.39, 0.29) is 17.7 Å². The summed E-state index contributed by atoms with van der Waals surface area (Å²) in [6.07, 6.45) is 1.71. The van der Waals surface area contributed by atoms with Gasteiger partial charge in [-0.2, -0.15) is 0 Å². The third-order valence-corrected chi connectivity index (χ3v) is 5.67. The van der Waals surface area contributed by atoms with E-state index in [2.05, 4.69) is 5.32 Å². The van der Waals surface area contributed by atoms with Crippen LogP contribution in [0.2, 0.25) is 0 Å². The van der Waals surface area contributed by atoms with E-state index >= 15 is 0 Å². The molecule has 1 aromatic rings. The number of nitrogens with one attached hydrogen (secondary N) is 1. The van der Waals surface area contributed by atoms with Crippen molar-refractivity contribution >= 4 is 17.6 Å². The monoisotopic (exact) mass is 359 g/mol. The summed E-state index contributed by atoms with van der Waals surface area (Å²) < 4.78 is 10.5. The number of carboxylic acids is 1. The number of hydrogen-bond acceptors (Lipinski definition) is 4. The lowest BCUT2D eigenvalue weighted by atomic mass is 9.78. The number of carboxylic acid groups (broad SMARTS) is 1. The van der Waals surface area contributed by atoms with Gasteiger partial charge >= 0.3 is 5.97 Å². The van der Waals surface area contributed by atoms with E-state index in [1.165, 1.54) is 7.11 Å². The number of carbonyl (C=O) groups excluding carboxylic acids is 1. The highest BCUT2D eigenvalue weighted by atomic mass is 16.5. The Morgan fingerprint density at radius 1 is 1.08 bits per heavy atom. The number of carbonyl (C=O) groups is 2. The first-order chi connectivity index (χ1) is 12.4. The molecule has 0 spiro atoms. The van der Waals surface area contributed by atoms with Crippen LogP contribution in [0.1, 0.15) is 26.7 Å². The highest BCUT2D eigenvalue weighted by Crippen LogP contribution is 2.57. The molecule has 0 radical (unpaired) electrons. The van der Waals surface area contributed by atoms with Crippen LogP contribution in [-0.2, 0) is 9.59 Å². The van der Waals surface area contributed by atoms with Gasteiger partial charge in [-0.3, -0.25) is 9.59 Å². The maximum atomic E-state index is 13.1. The summed E-state index contributed by atoms with van der Waals surface area (Å²) in [6.45, 7) is 4.01. The molecule has 2 aliphatic rings. The van der Waals surface area contributed by atoms with Gasteiger partial charge in [0, 0.05) is 6.07 Å². The zero-order valence-corrected chi connectivity index (χ0v) is 15.5. The Bertz CT molecular complexity index is 765. The number of aliphatic carboxylic acids is 1. The van der Waals surface area contributed by atoms with Crippen molar-refractivity contribution in [3.8, 4) is 11.5 Å². The molecule has 140 valence electrons. The molecule has 0 aliphatic heterocycles. The summed E-state index contributed by atoms with van der Waals surface area (Å²) in [5.74, 6) is -1.33. The Hall–Kier alpha value is -2.50. The van der Waals surface area contributed by atoms with Crippen LogP contribution in [0.25, 0.3) is 0 Å². The van der Waals surface area contributed by atoms with Crippen LogP contribution in [0.5, 0.6) is 11.5 Å². The van der Waals surface area contributed by atoms with Crippen LogP contribution < -0.4 is 14.8 Å². The second kappa shape index (κ2) is 7.02. The summed E-state index contributed by atoms with van der Waals surface area (Å²) >= 11 is 0. The number of fused-ring (bicyclic) bond motifs is 2. The summed E-state index contributed by atoms with van der Waals surface area (Å²) in [4.78, 5) is 25.0. The summed E-state index contributed by atoms with van der Waals surface area (Å²) in [7, 11) is 3.07. The zero-order valence-electron chi connectivity index (χ0n) is 15.5. The fourth-order valence-corrected chi connectivity index (χ4v) is 4.73. The number of benzene rings is 1. The predicted octanol–water partition coefficient (Wildman–Crippen LogP) is 3.34. The van der Waals surface area contributed by atoms with E-state index in [0.717, 1.165) is 24.0 Å². The molecule has 2 saturated carbocycles. The first-order valence-electron chi connectivity index (χ1n) is 8.82. The standard InChI is InChI=1S/C20H25NO5/c1-10(2)16-12-6-7-13(16)18(20(23)24)17(12)19(22)21-14-9-11(25-3)5-8-15(14)26-4/h5,8-9,12-13,17-18H,6-7H2,1-4H3,(H,21,22)(H,23,24)/t12-,13-,17+,18-/m0/s1. The lowest BCUT2D eigenvalue weighted by Gasteiger charge is -2.26. The molecule has 1 aromatic carbocycles. The fourth-order valence-electron chi connectivity index (χ4n) is 4.73. The van der Waals surface area contributed by atoms with Gasteiger partial charge in [-0.15, -0.1) is 0 Å². The van der Waals surface area contributed by atoms with E-state index in [0.29, 0.717) is 17.2 Å². The van der Waals surface area contributed by atoms with Gasteiger partial charge in [0.2, 0.25) is 5.91 Å². The first-order valence-corrected chi connectivity index (χ1v) is 8.82. The van der Waals surface area contributed by atoms with Crippen LogP contribution in [0, 0.1) is 23.7 Å². The fraction of sp³-hybridized carbons (Fsp3) is 0.500. The molecule has 2 bridgehead atoms. The number of anilines is 1. The second-order valence-electron chi connectivity index (χ2n) is 7.19. The van der Waals surface area contributed by atoms with Gasteiger partial charge in [0.15, 0.2) is 0 Å². The van der Waals surface area contributed by atoms with Crippen molar-refractivity contribution in [1.29, 1.82) is 0 Å². The van der Waals surface area contributed by atoms with Crippen molar-refractivity contribution in [2.75, 3.05) is 19.5 Å². The quantitative estimate of drug-likeness (QED) is 0.788. The molecule has 0 saturated heterocycles. The molecule has 6 heteroatoms. The third-order valence-electron chi connectivity index (χ3n) is 5.67. The molecule has 2 fully saturated rings. The van der Waals surface area contributed by atoms with Gasteiger partial charge in [0.25, 0.3) is 0 Å². The minimum atomic E-state index is -0.895. The van der Waals surface area contributed by atoms with Crippen LogP contribution in [-0.4, -0.2) is 31.2 Å². The van der Waals surface area contributed by atoms with E-state index in [1.54, 1.807) is 25.3 Å². The molecular weight excluding hydrogens is 334 g/mol. The average Bonchev–Trinajstić information content (AvgIpc) is 3.17. The minimum Gasteiger partial charge on any atom is -0.497 e. The highest BCUT2D eigenvalue weighted by molar-refractivity contribution is 5.98. The number of hydrogen-bond donors (Lipinski definition) is 2. The SMILES string of the molecule is COc1ccc(OC)c(NC(=O)[C@H]2[C@@H](C(=O)O)[C@H]3CC[C@H]2C3=C(C)C)c1. The smallest absolute Gasteiger partial charge is 0.307 e. The number of amides is 1. The van der Waals surface area contributed by atoms with Gasteiger partial charge in [-0.25, -0.2) is 0 Å². The Morgan fingerprint density at radius 3 is 2.27 bits per heavy atom. The average molecular weight is 359 g/mol. The van der Waals surface area contributed by atoms with Gasteiger partial charge in [0.05, 0.1) is 31.7 Å². The topological polar surface area (TPSA) is 84.9 Å². The van der Waals surface area contributed by atoms with Gasteiger partial charge in [-0.1, -0.05) is 11.1 Å². The van der Waals surface area contributed by atoms with Crippen LogP contribution in [0.15, 0.2) is 29.3 Å². The van der Waals surface area contributed by atoms with Crippen molar-refractivity contribution in [2.45, 2.75) is 26.7 Å². The lowest BCUT2D eigenvalue weighted by Crippen LogP contribution is -2.37. The van der Waals surface area contributed by atoms with E-state index < -0.39 is 17.8 Å². The number of allylic oxidation sites excluding steroid dienone is 2. The molecule has 0 aromatic heterocycles. The summed E-state index contributed by atoms with van der Waals surface area (Å²) in [6, 6.07) is 5.14. The maximum absolute atomic E-state index is 13.1. The minimum absolute atomic E-state index is 0.00250. The van der Waals surface area contributed by atoms with Crippen molar-refractivity contribution in [3.63, 3.8) is 0 Å². The van der Waals surface area contributed by atoms with Crippen molar-refractivity contribution < 1.29 is 24.2 Å². The Kier molecular flexibility index (Phi) is 4.94. The van der Waals surface area contributed by atoms with Crippen molar-refractivity contribution in [2.24, 2.45) is 23.7 Å². The van der Waals surface area contributed by atoms with E-state index in [9.17, 15) is 14.7 Å². The normalized spacial score (nSPS) is 26.5. The lowest BCUT2D eigenvalue weighted by molar-refractivity contribution is -0.148. The maximum Gasteiger partial charge on any atom is 0.307 e. The molecule has 2 aliphatic carbocycles. The number of rotatable bonds is 5. The van der Waals surface area contributed by atoms with Crippen molar-refractivity contribution in [3.05, 3.63) is 29.3 Å². The van der Waals surface area contributed by atoms with Gasteiger partial charge < -0.3 is 19.9 Å². The van der Waals surface area contributed by atoms with Gasteiger partial charge in [-0.05, 0) is 50.7 Å². The molecule has 4 atom stereocenters. The van der Waals surface area contributed by atoms with Crippen LogP contribution >= 0.6 is 0 Å². The summed E-state index contributed by atoms with van der Waals surface area (Å²) in [5.41, 5.74) is 2.79. The molecule has 1 amide bonds. The molecule has 0 heterocycles. The molecule has 2 N–H and O–H groups in total. The Labute approximate surface area is 153 Å². The molecular formula is C20H25NO5. The van der Waals surface area contributed by atoms with E-state index in [4.69, 9.17) is 9.47 Å². The molecule has 3 rings (SSSR count). The van der Waals surface area contributed by atoms with E-state index in [1.807, 2.05) is 13.8 Å². The zero-order chi connectivity index (χ0) is 19.0. The highest BCUT2D eigenvalue weighted by Gasteiger charge is 2.57. The molecule has 26 heavy (non-hydrogen) atoms. The van der Waals surface area contributed by atoms with Crippen LogP contribution in [0.3, 0.4) is 0 Å². The Morgan fingerprint density at radius 2 is 1.73 bits per heavy atom. The second-order valence-corrected chi connectivity index (χ2v) is 7.19. The largest absolute Gasteiger partial charge is 0.497 e. The predicted molar refractivity (Wildman–Crippen MR) is 97.4 cm³/mol. The number of ether oxygens (including phenoxy) is 2. The Balaban J connectivity index is 1.92. The third kappa shape index (κ3) is 2.93. The molecule has 0 unspecified atom stereocenters. The number of methoxy groups -OCH3 is 2. The summed E-state index contributed by atoms with van der Waals surface area (Å²) in [5, 5.41) is 12.6. The first kappa shape index (κ1) is 18.3. The van der Waals surface area contributed by atoms with Crippen molar-refractivity contribution in [1.82, 2.24) is 0 Å².